The van der Waals surface area contributed by atoms with E-state index >= 15 is 0 Å². The van der Waals surface area contributed by atoms with Gasteiger partial charge in [0.15, 0.2) is 0 Å². The van der Waals surface area contributed by atoms with E-state index in [1.165, 1.54) is 0 Å². The molecule has 3 nitrogen and oxygen atoms in total. The summed E-state index contributed by atoms with van der Waals surface area (Å²) < 4.78 is 2.99. The summed E-state index contributed by atoms with van der Waals surface area (Å²) in [6.45, 7) is 6.33. The van der Waals surface area contributed by atoms with Crippen LogP contribution in [0.25, 0.3) is 11.3 Å². The molecular weight excluding hydrogens is 278 g/mol. The van der Waals surface area contributed by atoms with Crippen LogP contribution in [0.3, 0.4) is 0 Å². The summed E-state index contributed by atoms with van der Waals surface area (Å²) in [6, 6.07) is 8.04. The average Bonchev–Trinajstić information content (AvgIpc) is 2.60. The van der Waals surface area contributed by atoms with Gasteiger partial charge in [0.05, 0.1) is 23.1 Å². The normalized spacial score (nSPS) is 11.8. The Hall–Kier alpha value is -1.29. The van der Waals surface area contributed by atoms with Crippen molar-refractivity contribution in [1.82, 2.24) is 9.78 Å². The van der Waals surface area contributed by atoms with Gasteiger partial charge in [-0.1, -0.05) is 34.1 Å². The van der Waals surface area contributed by atoms with Crippen LogP contribution in [0.4, 0.5) is 5.69 Å². The molecule has 0 saturated carbocycles. The molecule has 0 aliphatic carbocycles. The molecule has 0 amide bonds. The third-order valence-electron chi connectivity index (χ3n) is 2.56. The van der Waals surface area contributed by atoms with E-state index in [0.29, 0.717) is 5.69 Å². The summed E-state index contributed by atoms with van der Waals surface area (Å²) in [4.78, 5) is 0. The number of rotatable bonds is 1. The first-order valence-electron chi connectivity index (χ1n) is 5.50. The number of hydrogen-bond donors (Lipinski definition) is 1. The van der Waals surface area contributed by atoms with Crippen molar-refractivity contribution in [3.63, 3.8) is 0 Å². The van der Waals surface area contributed by atoms with Crippen molar-refractivity contribution in [2.24, 2.45) is 0 Å². The minimum absolute atomic E-state index is 0.0950. The maximum atomic E-state index is 6.03. The molecule has 2 N–H and O–H groups in total. The fraction of sp³-hybridized carbons (Fsp3) is 0.308. The Labute approximate surface area is 110 Å². The maximum Gasteiger partial charge on any atom is 0.0929 e. The van der Waals surface area contributed by atoms with Gasteiger partial charge in [0.1, 0.15) is 0 Å². The monoisotopic (exact) mass is 293 g/mol. The standard InChI is InChI=1S/C13H16BrN3/c1-13(2,3)17-12(11(15)8-16-17)9-6-4-5-7-10(9)14/h4-8H,15H2,1-3H3. The molecule has 0 saturated heterocycles. The number of nitrogens with two attached hydrogens (primary N) is 1. The van der Waals surface area contributed by atoms with Crippen LogP contribution in [0.15, 0.2) is 34.9 Å². The SMILES string of the molecule is CC(C)(C)n1ncc(N)c1-c1ccccc1Br. The van der Waals surface area contributed by atoms with Crippen molar-refractivity contribution in [3.05, 3.63) is 34.9 Å². The van der Waals surface area contributed by atoms with Crippen LogP contribution in [0.1, 0.15) is 20.8 Å². The number of anilines is 1. The van der Waals surface area contributed by atoms with Gasteiger partial charge in [-0.05, 0) is 26.8 Å². The third kappa shape index (κ3) is 2.22. The molecule has 2 aromatic rings. The molecular formula is C13H16BrN3. The summed E-state index contributed by atoms with van der Waals surface area (Å²) in [6.07, 6.45) is 1.71. The molecule has 1 heterocycles. The van der Waals surface area contributed by atoms with Gasteiger partial charge >= 0.3 is 0 Å². The van der Waals surface area contributed by atoms with Gasteiger partial charge < -0.3 is 5.73 Å². The lowest BCUT2D eigenvalue weighted by Gasteiger charge is -2.23. The fourth-order valence-corrected chi connectivity index (χ4v) is 2.27. The zero-order valence-electron chi connectivity index (χ0n) is 10.2. The highest BCUT2D eigenvalue weighted by molar-refractivity contribution is 9.10. The van der Waals surface area contributed by atoms with E-state index in [2.05, 4.69) is 41.8 Å². The largest absolute Gasteiger partial charge is 0.396 e. The topological polar surface area (TPSA) is 43.8 Å². The Bertz CT molecular complexity index is 538. The Morgan fingerprint density at radius 1 is 1.24 bits per heavy atom. The first-order valence-corrected chi connectivity index (χ1v) is 6.29. The lowest BCUT2D eigenvalue weighted by atomic mass is 10.1. The van der Waals surface area contributed by atoms with Crippen LogP contribution in [-0.2, 0) is 5.54 Å². The highest BCUT2D eigenvalue weighted by Crippen LogP contribution is 2.34. The number of benzene rings is 1. The molecule has 0 atom stereocenters. The number of halogens is 1. The number of nitrogen functional groups attached to an aromatic ring is 1. The van der Waals surface area contributed by atoms with Crippen molar-refractivity contribution in [3.8, 4) is 11.3 Å². The molecule has 4 heteroatoms. The first-order chi connectivity index (χ1) is 7.91. The second kappa shape index (κ2) is 4.18. The van der Waals surface area contributed by atoms with Crippen molar-refractivity contribution < 1.29 is 0 Å². The van der Waals surface area contributed by atoms with E-state index in [0.717, 1.165) is 15.7 Å². The Morgan fingerprint density at radius 3 is 2.47 bits per heavy atom. The molecule has 0 bridgehead atoms. The lowest BCUT2D eigenvalue weighted by molar-refractivity contribution is 0.360. The average molecular weight is 294 g/mol. The van der Waals surface area contributed by atoms with Gasteiger partial charge in [-0.2, -0.15) is 5.10 Å². The van der Waals surface area contributed by atoms with Gasteiger partial charge in [0.2, 0.25) is 0 Å². The van der Waals surface area contributed by atoms with E-state index < -0.39 is 0 Å². The molecule has 0 radical (unpaired) electrons. The van der Waals surface area contributed by atoms with E-state index in [9.17, 15) is 0 Å². The predicted molar refractivity (Wildman–Crippen MR) is 74.8 cm³/mol. The van der Waals surface area contributed by atoms with Gasteiger partial charge in [0, 0.05) is 10.0 Å². The molecule has 17 heavy (non-hydrogen) atoms. The van der Waals surface area contributed by atoms with Crippen molar-refractivity contribution in [2.75, 3.05) is 5.73 Å². The number of nitrogens with zero attached hydrogens (tertiary/aromatic N) is 2. The number of hydrogen-bond acceptors (Lipinski definition) is 2. The van der Waals surface area contributed by atoms with Gasteiger partial charge in [-0.15, -0.1) is 0 Å². The van der Waals surface area contributed by atoms with Crippen LogP contribution >= 0.6 is 15.9 Å². The molecule has 0 aliphatic heterocycles. The molecule has 0 aliphatic rings. The Morgan fingerprint density at radius 2 is 1.88 bits per heavy atom. The summed E-state index contributed by atoms with van der Waals surface area (Å²) in [5.74, 6) is 0. The van der Waals surface area contributed by atoms with Gasteiger partial charge in [0.25, 0.3) is 0 Å². The Kier molecular flexibility index (Phi) is 3.00. The predicted octanol–water partition coefficient (Wildman–Crippen LogP) is 3.65. The molecule has 0 unspecified atom stereocenters. The van der Waals surface area contributed by atoms with E-state index in [-0.39, 0.29) is 5.54 Å². The minimum atomic E-state index is -0.0950. The number of aromatic nitrogens is 2. The molecule has 2 rings (SSSR count). The van der Waals surface area contributed by atoms with Crippen molar-refractivity contribution in [1.29, 1.82) is 0 Å². The Balaban J connectivity index is 2.68. The quantitative estimate of drug-likeness (QED) is 0.872. The molecule has 90 valence electrons. The molecule has 0 fully saturated rings. The minimum Gasteiger partial charge on any atom is -0.396 e. The zero-order chi connectivity index (χ0) is 12.6. The summed E-state index contributed by atoms with van der Waals surface area (Å²) in [5, 5.41) is 4.38. The van der Waals surface area contributed by atoms with Crippen LogP contribution in [-0.4, -0.2) is 9.78 Å². The first kappa shape index (κ1) is 12.2. The highest BCUT2D eigenvalue weighted by Gasteiger charge is 2.21. The van der Waals surface area contributed by atoms with Crippen molar-refractivity contribution in [2.45, 2.75) is 26.3 Å². The van der Waals surface area contributed by atoms with Crippen LogP contribution < -0.4 is 5.73 Å². The molecule has 1 aromatic carbocycles. The van der Waals surface area contributed by atoms with E-state index in [4.69, 9.17) is 5.73 Å². The van der Waals surface area contributed by atoms with E-state index in [1.807, 2.05) is 28.9 Å². The second-order valence-electron chi connectivity index (χ2n) is 5.01. The fourth-order valence-electron chi connectivity index (χ4n) is 1.79. The molecule has 1 aromatic heterocycles. The van der Waals surface area contributed by atoms with Crippen LogP contribution in [0, 0.1) is 0 Å². The second-order valence-corrected chi connectivity index (χ2v) is 5.87. The van der Waals surface area contributed by atoms with Crippen LogP contribution in [0.2, 0.25) is 0 Å². The summed E-state index contributed by atoms with van der Waals surface area (Å²) in [5.41, 5.74) is 8.67. The maximum absolute atomic E-state index is 6.03. The van der Waals surface area contributed by atoms with Crippen LogP contribution in [0.5, 0.6) is 0 Å². The highest BCUT2D eigenvalue weighted by atomic mass is 79.9. The molecule has 0 spiro atoms. The van der Waals surface area contributed by atoms with Gasteiger partial charge in [-0.3, -0.25) is 4.68 Å². The third-order valence-corrected chi connectivity index (χ3v) is 3.25. The summed E-state index contributed by atoms with van der Waals surface area (Å²) >= 11 is 3.56. The van der Waals surface area contributed by atoms with Gasteiger partial charge in [-0.25, -0.2) is 0 Å². The van der Waals surface area contributed by atoms with E-state index in [1.54, 1.807) is 6.20 Å². The van der Waals surface area contributed by atoms with Crippen molar-refractivity contribution >= 4 is 21.6 Å². The summed E-state index contributed by atoms with van der Waals surface area (Å²) in [7, 11) is 0. The zero-order valence-corrected chi connectivity index (χ0v) is 11.8. The lowest BCUT2D eigenvalue weighted by Crippen LogP contribution is -2.24. The smallest absolute Gasteiger partial charge is 0.0929 e.